The second-order valence-corrected chi connectivity index (χ2v) is 6.88. The molecule has 1 aliphatic rings. The van der Waals surface area contributed by atoms with Gasteiger partial charge in [-0.05, 0) is 42.5 Å². The van der Waals surface area contributed by atoms with E-state index in [1.807, 2.05) is 6.07 Å². The molecule has 0 aliphatic carbocycles. The molecule has 3 aromatic rings. The average molecular weight is 411 g/mol. The largest absolute Gasteiger partial charge is 0.482 e. The molecule has 0 bridgehead atoms. The number of carbonyl (C=O) groups excluding carboxylic acids is 2. The molecule has 2 amide bonds. The number of halogens is 2. The highest BCUT2D eigenvalue weighted by molar-refractivity contribution is 6.31. The van der Waals surface area contributed by atoms with Crippen LogP contribution < -0.4 is 15.0 Å². The highest BCUT2D eigenvalue weighted by Gasteiger charge is 2.27. The Balaban J connectivity index is 1.64. The van der Waals surface area contributed by atoms with E-state index in [4.69, 9.17) is 16.3 Å². The molecule has 0 spiro atoms. The van der Waals surface area contributed by atoms with Crippen LogP contribution in [0.15, 0.2) is 66.7 Å². The molecule has 1 heterocycles. The van der Waals surface area contributed by atoms with Crippen LogP contribution in [0.1, 0.15) is 15.9 Å². The normalized spacial score (nSPS) is 12.9. The number of fused-ring (bicyclic) bond motifs is 1. The molecule has 29 heavy (non-hydrogen) atoms. The number of rotatable bonds is 4. The van der Waals surface area contributed by atoms with Crippen LogP contribution in [0.25, 0.3) is 0 Å². The molecular formula is C22H16ClFN2O3. The maximum absolute atomic E-state index is 14.2. The van der Waals surface area contributed by atoms with Crippen molar-refractivity contribution in [2.45, 2.75) is 6.54 Å². The first-order valence-corrected chi connectivity index (χ1v) is 9.27. The number of nitrogens with one attached hydrogen (secondary N) is 1. The number of carbonyl (C=O) groups is 2. The lowest BCUT2D eigenvalue weighted by Crippen LogP contribution is -2.38. The number of anilines is 2. The fourth-order valence-corrected chi connectivity index (χ4v) is 3.31. The van der Waals surface area contributed by atoms with Gasteiger partial charge in [0.2, 0.25) is 0 Å². The topological polar surface area (TPSA) is 58.6 Å². The third-order valence-electron chi connectivity index (χ3n) is 4.57. The summed E-state index contributed by atoms with van der Waals surface area (Å²) in [5.41, 5.74) is 1.65. The van der Waals surface area contributed by atoms with E-state index in [2.05, 4.69) is 5.32 Å². The first kappa shape index (κ1) is 19.0. The van der Waals surface area contributed by atoms with Crippen molar-refractivity contribution in [3.8, 4) is 5.75 Å². The van der Waals surface area contributed by atoms with Gasteiger partial charge >= 0.3 is 0 Å². The minimum atomic E-state index is -0.494. The van der Waals surface area contributed by atoms with E-state index in [1.165, 1.54) is 17.0 Å². The number of amides is 2. The molecule has 146 valence electrons. The fraction of sp³-hybridized carbons (Fsp3) is 0.0909. The number of benzene rings is 3. The van der Waals surface area contributed by atoms with Gasteiger partial charge in [-0.25, -0.2) is 4.39 Å². The predicted octanol–water partition coefficient (Wildman–Crippen LogP) is 4.66. The van der Waals surface area contributed by atoms with Gasteiger partial charge in [0, 0.05) is 21.8 Å². The number of ether oxygens (including phenoxy) is 1. The van der Waals surface area contributed by atoms with Crippen LogP contribution in [0.5, 0.6) is 5.75 Å². The van der Waals surface area contributed by atoms with Gasteiger partial charge in [-0.1, -0.05) is 35.9 Å². The Morgan fingerprint density at radius 3 is 2.66 bits per heavy atom. The molecule has 5 nitrogen and oxygen atoms in total. The molecule has 4 rings (SSSR count). The second kappa shape index (κ2) is 7.93. The molecule has 3 aromatic carbocycles. The maximum Gasteiger partial charge on any atom is 0.265 e. The van der Waals surface area contributed by atoms with Crippen molar-refractivity contribution in [2.24, 2.45) is 0 Å². The average Bonchev–Trinajstić information content (AvgIpc) is 2.73. The quantitative estimate of drug-likeness (QED) is 0.680. The van der Waals surface area contributed by atoms with Gasteiger partial charge < -0.3 is 15.0 Å². The molecule has 0 aromatic heterocycles. The SMILES string of the molecule is O=C(Nc1ccc2c(c1)N(Cc1c(F)cccc1Cl)C(=O)CO2)c1ccccc1. The van der Waals surface area contributed by atoms with E-state index in [0.29, 0.717) is 22.7 Å². The summed E-state index contributed by atoms with van der Waals surface area (Å²) >= 11 is 6.13. The molecule has 1 aliphatic heterocycles. The molecule has 1 N–H and O–H groups in total. The van der Waals surface area contributed by atoms with Gasteiger partial charge in [0.05, 0.1) is 12.2 Å². The van der Waals surface area contributed by atoms with E-state index < -0.39 is 5.82 Å². The summed E-state index contributed by atoms with van der Waals surface area (Å²) in [5, 5.41) is 3.03. The highest BCUT2D eigenvalue weighted by Crippen LogP contribution is 2.36. The van der Waals surface area contributed by atoms with Gasteiger partial charge in [-0.15, -0.1) is 0 Å². The van der Waals surface area contributed by atoms with Gasteiger partial charge in [-0.3, -0.25) is 9.59 Å². The Kier molecular flexibility index (Phi) is 5.18. The van der Waals surface area contributed by atoms with Crippen LogP contribution in [-0.4, -0.2) is 18.4 Å². The Hall–Kier alpha value is -3.38. The lowest BCUT2D eigenvalue weighted by Gasteiger charge is -2.30. The van der Waals surface area contributed by atoms with Crippen LogP contribution in [0.3, 0.4) is 0 Å². The van der Waals surface area contributed by atoms with E-state index in [1.54, 1.807) is 48.5 Å². The van der Waals surface area contributed by atoms with Crippen molar-refractivity contribution < 1.29 is 18.7 Å². The van der Waals surface area contributed by atoms with Crippen LogP contribution >= 0.6 is 11.6 Å². The summed E-state index contributed by atoms with van der Waals surface area (Å²) in [4.78, 5) is 26.3. The zero-order chi connectivity index (χ0) is 20.4. The smallest absolute Gasteiger partial charge is 0.265 e. The zero-order valence-corrected chi connectivity index (χ0v) is 15.9. The number of hydrogen-bond acceptors (Lipinski definition) is 3. The third-order valence-corrected chi connectivity index (χ3v) is 4.93. The van der Waals surface area contributed by atoms with Crippen molar-refractivity contribution >= 4 is 34.8 Å². The van der Waals surface area contributed by atoms with Crippen molar-refractivity contribution in [3.05, 3.63) is 88.7 Å². The Morgan fingerprint density at radius 2 is 1.90 bits per heavy atom. The van der Waals surface area contributed by atoms with Crippen LogP contribution in [0.2, 0.25) is 5.02 Å². The first-order chi connectivity index (χ1) is 14.0. The standard InChI is InChI=1S/C22H16ClFN2O3/c23-17-7-4-8-18(24)16(17)12-26-19-11-15(9-10-20(19)29-13-21(26)27)25-22(28)14-5-2-1-3-6-14/h1-11H,12-13H2,(H,25,28). The summed E-state index contributed by atoms with van der Waals surface area (Å²) in [7, 11) is 0. The molecule has 0 saturated heterocycles. The maximum atomic E-state index is 14.2. The summed E-state index contributed by atoms with van der Waals surface area (Å²) in [6.45, 7) is -0.203. The van der Waals surface area contributed by atoms with Gasteiger partial charge in [0.1, 0.15) is 11.6 Å². The lowest BCUT2D eigenvalue weighted by molar-refractivity contribution is -0.121. The van der Waals surface area contributed by atoms with Crippen LogP contribution in [-0.2, 0) is 11.3 Å². The molecular weight excluding hydrogens is 395 g/mol. The Labute approximate surface area is 171 Å². The van der Waals surface area contributed by atoms with E-state index in [9.17, 15) is 14.0 Å². The summed E-state index contributed by atoms with van der Waals surface area (Å²) in [6, 6.07) is 18.1. The lowest BCUT2D eigenvalue weighted by atomic mass is 10.1. The third kappa shape index (κ3) is 3.93. The van der Waals surface area contributed by atoms with E-state index >= 15 is 0 Å². The molecule has 0 fully saturated rings. The van der Waals surface area contributed by atoms with E-state index in [0.717, 1.165) is 0 Å². The second-order valence-electron chi connectivity index (χ2n) is 6.47. The van der Waals surface area contributed by atoms with Crippen molar-refractivity contribution in [3.63, 3.8) is 0 Å². The molecule has 7 heteroatoms. The Morgan fingerprint density at radius 1 is 1.10 bits per heavy atom. The molecule has 0 radical (unpaired) electrons. The van der Waals surface area contributed by atoms with E-state index in [-0.39, 0.29) is 35.6 Å². The van der Waals surface area contributed by atoms with Crippen molar-refractivity contribution in [1.82, 2.24) is 0 Å². The molecule has 0 unspecified atom stereocenters. The summed E-state index contributed by atoms with van der Waals surface area (Å²) < 4.78 is 19.7. The van der Waals surface area contributed by atoms with Crippen molar-refractivity contribution in [1.29, 1.82) is 0 Å². The number of hydrogen-bond donors (Lipinski definition) is 1. The van der Waals surface area contributed by atoms with Crippen molar-refractivity contribution in [2.75, 3.05) is 16.8 Å². The van der Waals surface area contributed by atoms with Gasteiger partial charge in [0.25, 0.3) is 11.8 Å². The number of nitrogens with zero attached hydrogens (tertiary/aromatic N) is 1. The van der Waals surface area contributed by atoms with Crippen LogP contribution in [0.4, 0.5) is 15.8 Å². The highest BCUT2D eigenvalue weighted by atomic mass is 35.5. The minimum absolute atomic E-state index is 0.0449. The fourth-order valence-electron chi connectivity index (χ4n) is 3.09. The first-order valence-electron chi connectivity index (χ1n) is 8.89. The summed E-state index contributed by atoms with van der Waals surface area (Å²) in [5.74, 6) is -0.637. The summed E-state index contributed by atoms with van der Waals surface area (Å²) in [6.07, 6.45) is 0. The molecule has 0 atom stereocenters. The van der Waals surface area contributed by atoms with Gasteiger partial charge in [-0.2, -0.15) is 0 Å². The minimum Gasteiger partial charge on any atom is -0.482 e. The monoisotopic (exact) mass is 410 g/mol. The molecule has 0 saturated carbocycles. The van der Waals surface area contributed by atoms with Gasteiger partial charge in [0.15, 0.2) is 6.61 Å². The zero-order valence-electron chi connectivity index (χ0n) is 15.2. The predicted molar refractivity (Wildman–Crippen MR) is 109 cm³/mol. The Bertz CT molecular complexity index is 1070. The van der Waals surface area contributed by atoms with Crippen LogP contribution in [0, 0.1) is 5.82 Å².